The molecule has 0 bridgehead atoms. The van der Waals surface area contributed by atoms with Crippen LogP contribution in [-0.4, -0.2) is 197 Å². The molecule has 0 amide bonds. The lowest BCUT2D eigenvalue weighted by atomic mass is 9.97. The predicted molar refractivity (Wildman–Crippen MR) is 222 cm³/mol. The molecule has 0 saturated carbocycles. The van der Waals surface area contributed by atoms with E-state index in [0.717, 1.165) is 24.3 Å². The van der Waals surface area contributed by atoms with Crippen LogP contribution in [-0.2, 0) is 23.7 Å². The molecule has 4 heterocycles. The molecule has 0 spiro atoms. The van der Waals surface area contributed by atoms with Crippen molar-refractivity contribution in [3.8, 4) is 62.9 Å². The minimum atomic E-state index is -2.03. The van der Waals surface area contributed by atoms with Crippen molar-refractivity contribution in [2.24, 2.45) is 0 Å². The Labute approximate surface area is 378 Å². The Bertz CT molecular complexity index is 2350. The van der Waals surface area contributed by atoms with Gasteiger partial charge in [0.1, 0.15) is 66.4 Å². The molecule has 3 saturated heterocycles. The highest BCUT2D eigenvalue weighted by Gasteiger charge is 2.52. The number of aromatic hydroxyl groups is 4. The van der Waals surface area contributed by atoms with E-state index in [9.17, 15) is 71.2 Å². The molecule has 14 N–H and O–H groups in total. The van der Waals surface area contributed by atoms with Gasteiger partial charge < -0.3 is 113 Å². The Morgan fingerprint density at radius 2 is 1.39 bits per heavy atom. The van der Waals surface area contributed by atoms with Gasteiger partial charge in [-0.25, -0.2) is 0 Å². The van der Waals surface area contributed by atoms with E-state index < -0.39 is 135 Å². The van der Waals surface area contributed by atoms with Crippen molar-refractivity contribution in [3.05, 3.63) is 70.4 Å². The third-order valence-corrected chi connectivity index (χ3v) is 11.2. The molecular weight excluding hydrogens is 900 g/mol. The highest BCUT2D eigenvalue weighted by molar-refractivity contribution is 5.76. The van der Waals surface area contributed by atoms with Crippen LogP contribution in [0.15, 0.2) is 63.8 Å². The molecule has 15 unspecified atom stereocenters. The second-order valence-electron chi connectivity index (χ2n) is 15.8. The van der Waals surface area contributed by atoms with Gasteiger partial charge in [0, 0.05) is 23.8 Å². The average molecular weight is 952 g/mol. The topological polar surface area (TPSA) is 380 Å². The summed E-state index contributed by atoms with van der Waals surface area (Å²) in [4.78, 5) is 12.3. The number of aliphatic hydroxyl groups excluding tert-OH is 9. The summed E-state index contributed by atoms with van der Waals surface area (Å²) < 4.78 is 55.2. The van der Waals surface area contributed by atoms with Crippen molar-refractivity contribution in [1.82, 2.24) is 0 Å². The predicted octanol–water partition coefficient (Wildman–Crippen LogP) is -2.72. The normalized spacial score (nSPS) is 31.7. The van der Waals surface area contributed by atoms with Crippen LogP contribution in [0, 0.1) is 0 Å². The van der Waals surface area contributed by atoms with Gasteiger partial charge >= 0.3 is 0 Å². The zero-order valence-electron chi connectivity index (χ0n) is 35.4. The third kappa shape index (κ3) is 10.7. The van der Waals surface area contributed by atoms with Crippen LogP contribution in [0.5, 0.6) is 40.2 Å². The lowest BCUT2D eigenvalue weighted by Crippen LogP contribution is -2.64. The second-order valence-corrected chi connectivity index (χ2v) is 15.8. The molecule has 24 nitrogen and oxygen atoms in total. The van der Waals surface area contributed by atoms with E-state index in [1.54, 1.807) is 0 Å². The first-order valence-corrected chi connectivity index (χ1v) is 20.5. The van der Waals surface area contributed by atoms with Crippen molar-refractivity contribution in [2.45, 2.75) is 92.3 Å². The molecule has 0 radical (unpaired) electrons. The van der Waals surface area contributed by atoms with E-state index in [4.69, 9.17) is 42.3 Å². The number of methoxy groups -OCH3 is 2. The van der Waals surface area contributed by atoms with Gasteiger partial charge in [-0.3, -0.25) is 4.79 Å². The zero-order chi connectivity index (χ0) is 48.4. The number of fused-ring (bicyclic) bond motifs is 1. The molecule has 67 heavy (non-hydrogen) atoms. The summed E-state index contributed by atoms with van der Waals surface area (Å²) >= 11 is 0. The highest BCUT2D eigenvalue weighted by Crippen LogP contribution is 2.44. The van der Waals surface area contributed by atoms with Gasteiger partial charge in [0.15, 0.2) is 71.3 Å². The molecule has 24 heteroatoms. The van der Waals surface area contributed by atoms with E-state index in [1.165, 1.54) is 50.6 Å². The number of hydrogen-bond donors (Lipinski definition) is 13. The van der Waals surface area contributed by atoms with Crippen molar-refractivity contribution in [3.63, 3.8) is 0 Å². The minimum absolute atomic E-state index is 0.0348. The molecule has 2 aromatic carbocycles. The van der Waals surface area contributed by atoms with Crippen LogP contribution in [0.2, 0.25) is 0 Å². The van der Waals surface area contributed by atoms with Gasteiger partial charge in [0.25, 0.3) is 6.29 Å². The van der Waals surface area contributed by atoms with E-state index in [1.807, 2.05) is 0 Å². The fourth-order valence-electron chi connectivity index (χ4n) is 7.46. The Morgan fingerprint density at radius 1 is 0.716 bits per heavy atom. The summed E-state index contributed by atoms with van der Waals surface area (Å²) in [7, 11) is 2.68. The first-order valence-electron chi connectivity index (χ1n) is 20.5. The number of hydrogen-bond acceptors (Lipinski definition) is 23. The molecule has 5 aliphatic rings. The molecule has 0 aromatic heterocycles. The Hall–Kier alpha value is -5.39. The maximum atomic E-state index is 12.3. The average Bonchev–Trinajstić information content (AvgIpc) is 3.30. The highest BCUT2D eigenvalue weighted by atomic mass is 16.8. The largest absolute Gasteiger partial charge is 0.507 e. The van der Waals surface area contributed by atoms with Gasteiger partial charge in [0.2, 0.25) is 12.0 Å². The standard InChI is InChI=1S/C43H50O24/c1-58-25-7-16(8-26(59-2)32(25)51)3-6-30(49)60-14-28-33(52)35(54)38(57)41(65-28)62-15-29-34(53)36(55)40(67-42-37(56)31(50)23(48)13-61-42)43(66-29)64-27-12-19-21(46)10-18(44)11-24(19)63-39(27)17-4-5-20(45)22(47)9-17/h3-12,23,28-31,33-38,40-43,45-57H,13-15H2,1-2H3/p+1. The second kappa shape index (κ2) is 20.9. The Morgan fingerprint density at radius 3 is 2.07 bits per heavy atom. The smallest absolute Gasteiger partial charge is 0.283 e. The van der Waals surface area contributed by atoms with Gasteiger partial charge in [-0.1, -0.05) is 0 Å². The van der Waals surface area contributed by atoms with E-state index in [-0.39, 0.29) is 45.6 Å². The van der Waals surface area contributed by atoms with E-state index >= 15 is 0 Å². The SMILES string of the molecule is COc1cc(C=CC(O)[OH+]CC2OC(OCC3OC(Oc4cc5c(O)cc(=O)cc-5oc4-c4ccc(O)c(O)c4)C(OC4OCC(O)C(O)C4O)C(O)C3O)C(O)C(O)C2O)cc(OC)c1O. The van der Waals surface area contributed by atoms with Crippen LogP contribution in [0.1, 0.15) is 5.56 Å². The van der Waals surface area contributed by atoms with Crippen molar-refractivity contribution in [1.29, 1.82) is 0 Å². The number of benzene rings is 3. The number of aliphatic hydroxyl groups is 11. The van der Waals surface area contributed by atoms with Crippen LogP contribution < -0.4 is 19.6 Å². The first kappa shape index (κ1) is 49.5. The lowest BCUT2D eigenvalue weighted by molar-refractivity contribution is -0.355. The monoisotopic (exact) mass is 951 g/mol. The van der Waals surface area contributed by atoms with Crippen molar-refractivity contribution in [2.75, 3.05) is 34.0 Å². The summed E-state index contributed by atoms with van der Waals surface area (Å²) in [5.74, 6) is -2.44. The first-order chi connectivity index (χ1) is 31.9. The van der Waals surface area contributed by atoms with Gasteiger partial charge in [-0.05, 0) is 48.0 Å². The van der Waals surface area contributed by atoms with Crippen molar-refractivity contribution >= 4 is 6.08 Å². The molecule has 15 atom stereocenters. The molecule has 1 aliphatic carbocycles. The van der Waals surface area contributed by atoms with E-state index in [0.29, 0.717) is 5.56 Å². The maximum Gasteiger partial charge on any atom is 0.283 e. The van der Waals surface area contributed by atoms with Crippen LogP contribution in [0.4, 0.5) is 0 Å². The molecule has 2 aromatic rings. The molecule has 366 valence electrons. The summed E-state index contributed by atoms with van der Waals surface area (Å²) in [6.45, 7) is -1.75. The third-order valence-electron chi connectivity index (χ3n) is 11.2. The fourth-order valence-corrected chi connectivity index (χ4v) is 7.46. The fraction of sp³-hybridized carbons (Fsp3) is 0.465. The van der Waals surface area contributed by atoms with Gasteiger partial charge in [0.05, 0.1) is 33.0 Å². The lowest BCUT2D eigenvalue weighted by Gasteiger charge is -2.45. The van der Waals surface area contributed by atoms with Gasteiger partial charge in [-0.15, -0.1) is 0 Å². The number of phenolic OH excluding ortho intramolecular Hbond substituents is 4. The number of phenols is 4. The Balaban J connectivity index is 1.11. The number of ether oxygens (including phenoxy) is 9. The summed E-state index contributed by atoms with van der Waals surface area (Å²) in [5, 5.41) is 138. The quantitative estimate of drug-likeness (QED) is 0.0327. The Kier molecular flexibility index (Phi) is 15.4. The van der Waals surface area contributed by atoms with Crippen LogP contribution >= 0.6 is 0 Å². The maximum absolute atomic E-state index is 12.3. The van der Waals surface area contributed by atoms with Crippen LogP contribution in [0.3, 0.4) is 0 Å². The molecular formula is C43H51O24+. The van der Waals surface area contributed by atoms with Crippen molar-refractivity contribution < 1.29 is 113 Å². The molecule has 4 aliphatic heterocycles. The minimum Gasteiger partial charge on any atom is -0.507 e. The summed E-state index contributed by atoms with van der Waals surface area (Å²) in [5.41, 5.74) is -0.232. The summed E-state index contributed by atoms with van der Waals surface area (Å²) in [6, 6.07) is 9.54. The summed E-state index contributed by atoms with van der Waals surface area (Å²) in [6.07, 6.45) is -23.8. The molecule has 7 rings (SSSR count). The van der Waals surface area contributed by atoms with Gasteiger partial charge in [-0.2, -0.15) is 0 Å². The van der Waals surface area contributed by atoms with E-state index in [2.05, 4.69) is 4.74 Å². The number of rotatable bonds is 15. The molecule has 3 fully saturated rings. The van der Waals surface area contributed by atoms with Crippen LogP contribution in [0.25, 0.3) is 28.7 Å². The zero-order valence-corrected chi connectivity index (χ0v) is 35.4.